The van der Waals surface area contributed by atoms with Crippen LogP contribution in [-0.4, -0.2) is 12.0 Å². The molecule has 1 aromatic rings. The Balaban J connectivity index is 3.30. The Kier molecular flexibility index (Phi) is 3.37. The molecule has 0 N–H and O–H groups in total. The highest BCUT2D eigenvalue weighted by molar-refractivity contribution is 14.1. The number of ether oxygens (including phenoxy) is 1. The number of nitrogens with zero attached hydrogens (tertiary/aromatic N) is 1. The van der Waals surface area contributed by atoms with Crippen LogP contribution in [0.1, 0.15) is 0 Å². The van der Waals surface area contributed by atoms with E-state index in [1.54, 1.807) is 6.07 Å². The Labute approximate surface area is 94.0 Å². The molecule has 6 heteroatoms. The van der Waals surface area contributed by atoms with E-state index in [-0.39, 0.29) is 5.69 Å². The van der Waals surface area contributed by atoms with Crippen molar-refractivity contribution >= 4 is 40.9 Å². The molecule has 13 heavy (non-hydrogen) atoms. The van der Waals surface area contributed by atoms with E-state index < -0.39 is 4.92 Å². The molecule has 4 nitrogen and oxygen atoms in total. The van der Waals surface area contributed by atoms with Crippen molar-refractivity contribution in [3.8, 4) is 5.75 Å². The summed E-state index contributed by atoms with van der Waals surface area (Å²) < 4.78 is 5.75. The van der Waals surface area contributed by atoms with Gasteiger partial charge >= 0.3 is 0 Å². The van der Waals surface area contributed by atoms with E-state index in [0.717, 1.165) is 3.57 Å². The lowest BCUT2D eigenvalue weighted by Crippen LogP contribution is -1.93. The fourth-order valence-corrected chi connectivity index (χ4v) is 2.04. The van der Waals surface area contributed by atoms with Gasteiger partial charge in [0.05, 0.1) is 26.6 Å². The predicted molar refractivity (Wildman–Crippen MR) is 59.6 cm³/mol. The number of methoxy groups -OCH3 is 1. The van der Waals surface area contributed by atoms with Crippen molar-refractivity contribution in [2.24, 2.45) is 0 Å². The number of rotatable bonds is 2. The summed E-state index contributed by atoms with van der Waals surface area (Å²) in [5, 5.41) is 10.5. The van der Waals surface area contributed by atoms with Gasteiger partial charge in [0.15, 0.2) is 0 Å². The van der Waals surface area contributed by atoms with Crippen molar-refractivity contribution < 1.29 is 9.66 Å². The fourth-order valence-electron chi connectivity index (χ4n) is 0.835. The first kappa shape index (κ1) is 10.6. The average Bonchev–Trinajstić information content (AvgIpc) is 2.03. The van der Waals surface area contributed by atoms with Gasteiger partial charge in [-0.1, -0.05) is 0 Å². The molecule has 0 heterocycles. The molecule has 0 atom stereocenters. The van der Waals surface area contributed by atoms with Crippen LogP contribution in [0, 0.1) is 13.7 Å². The maximum Gasteiger partial charge on any atom is 0.286 e. The van der Waals surface area contributed by atoms with Crippen molar-refractivity contribution in [2.45, 2.75) is 4.90 Å². The molecule has 0 unspecified atom stereocenters. The van der Waals surface area contributed by atoms with Crippen molar-refractivity contribution in [1.82, 2.24) is 0 Å². The van der Waals surface area contributed by atoms with Gasteiger partial charge in [0.1, 0.15) is 5.75 Å². The fraction of sp³-hybridized carbons (Fsp3) is 0.143. The lowest BCUT2D eigenvalue weighted by atomic mass is 10.3. The summed E-state index contributed by atoms with van der Waals surface area (Å²) in [6, 6.07) is 2.96. The average molecular weight is 311 g/mol. The van der Waals surface area contributed by atoms with Gasteiger partial charge in [-0.2, -0.15) is 0 Å². The number of hydrogen-bond donors (Lipinski definition) is 1. The Morgan fingerprint density at radius 3 is 2.69 bits per heavy atom. The summed E-state index contributed by atoms with van der Waals surface area (Å²) in [5.74, 6) is 0.491. The van der Waals surface area contributed by atoms with Gasteiger partial charge in [0.2, 0.25) is 0 Å². The van der Waals surface area contributed by atoms with E-state index >= 15 is 0 Å². The Morgan fingerprint density at radius 2 is 2.23 bits per heavy atom. The summed E-state index contributed by atoms with van der Waals surface area (Å²) in [7, 11) is 1.47. The molecule has 0 saturated carbocycles. The third-order valence-corrected chi connectivity index (χ3v) is 2.65. The molecule has 0 saturated heterocycles. The van der Waals surface area contributed by atoms with Crippen LogP contribution in [-0.2, 0) is 0 Å². The monoisotopic (exact) mass is 311 g/mol. The number of nitro benzene ring substituents is 1. The van der Waals surface area contributed by atoms with Crippen LogP contribution in [0.3, 0.4) is 0 Å². The van der Waals surface area contributed by atoms with Gasteiger partial charge in [-0.3, -0.25) is 10.1 Å². The van der Waals surface area contributed by atoms with Crippen molar-refractivity contribution in [2.75, 3.05) is 7.11 Å². The highest BCUT2D eigenvalue weighted by Crippen LogP contribution is 2.31. The second kappa shape index (κ2) is 4.14. The summed E-state index contributed by atoms with van der Waals surface area (Å²) in [5.41, 5.74) is -0.0411. The highest BCUT2D eigenvalue weighted by atomic mass is 127. The van der Waals surface area contributed by atoms with E-state index in [2.05, 4.69) is 12.6 Å². The molecule has 0 aliphatic heterocycles. The van der Waals surface area contributed by atoms with Gasteiger partial charge < -0.3 is 4.74 Å². The van der Waals surface area contributed by atoms with Crippen molar-refractivity contribution in [1.29, 1.82) is 0 Å². The van der Waals surface area contributed by atoms with Crippen LogP contribution < -0.4 is 4.74 Å². The quantitative estimate of drug-likeness (QED) is 0.395. The van der Waals surface area contributed by atoms with E-state index in [4.69, 9.17) is 4.74 Å². The molecule has 0 aromatic heterocycles. The zero-order valence-electron chi connectivity index (χ0n) is 6.65. The first-order valence-electron chi connectivity index (χ1n) is 3.27. The second-order valence-corrected chi connectivity index (χ2v) is 3.88. The normalized spacial score (nSPS) is 9.77. The molecule has 0 bridgehead atoms. The van der Waals surface area contributed by atoms with Crippen LogP contribution in [0.2, 0.25) is 0 Å². The van der Waals surface area contributed by atoms with E-state index in [9.17, 15) is 10.1 Å². The predicted octanol–water partition coefficient (Wildman–Crippen LogP) is 2.50. The van der Waals surface area contributed by atoms with E-state index in [1.807, 2.05) is 22.6 Å². The number of benzene rings is 1. The van der Waals surface area contributed by atoms with Crippen molar-refractivity contribution in [3.63, 3.8) is 0 Å². The molecule has 0 aliphatic rings. The molecular formula is C7H6INO3S. The Hall–Kier alpha value is -0.500. The summed E-state index contributed by atoms with van der Waals surface area (Å²) in [6.07, 6.45) is 0. The van der Waals surface area contributed by atoms with Gasteiger partial charge in [0.25, 0.3) is 5.69 Å². The largest absolute Gasteiger partial charge is 0.495 e. The molecule has 0 spiro atoms. The summed E-state index contributed by atoms with van der Waals surface area (Å²) in [6.45, 7) is 0. The molecule has 0 fully saturated rings. The third-order valence-electron chi connectivity index (χ3n) is 1.45. The first-order valence-corrected chi connectivity index (χ1v) is 4.79. The number of thiol groups is 1. The maximum absolute atomic E-state index is 10.5. The summed E-state index contributed by atoms with van der Waals surface area (Å²) >= 11 is 6.02. The molecule has 0 aliphatic carbocycles. The first-order chi connectivity index (χ1) is 6.06. The third kappa shape index (κ3) is 2.25. The highest BCUT2D eigenvalue weighted by Gasteiger charge is 2.14. The Bertz CT molecular complexity index is 356. The topological polar surface area (TPSA) is 52.4 Å². The second-order valence-electron chi connectivity index (χ2n) is 2.23. The van der Waals surface area contributed by atoms with E-state index in [1.165, 1.54) is 13.2 Å². The van der Waals surface area contributed by atoms with Gasteiger partial charge in [-0.05, 0) is 28.7 Å². The molecule has 1 aromatic carbocycles. The minimum absolute atomic E-state index is 0.0411. The van der Waals surface area contributed by atoms with Crippen LogP contribution in [0.5, 0.6) is 5.75 Å². The maximum atomic E-state index is 10.5. The van der Waals surface area contributed by atoms with Crippen LogP contribution in [0.4, 0.5) is 5.69 Å². The zero-order chi connectivity index (χ0) is 10.0. The molecule has 1 rings (SSSR count). The van der Waals surface area contributed by atoms with Gasteiger partial charge in [-0.25, -0.2) is 0 Å². The smallest absolute Gasteiger partial charge is 0.286 e. The molecule has 0 amide bonds. The van der Waals surface area contributed by atoms with Crippen LogP contribution >= 0.6 is 35.2 Å². The number of hydrogen-bond acceptors (Lipinski definition) is 4. The molecular weight excluding hydrogens is 305 g/mol. The minimum Gasteiger partial charge on any atom is -0.495 e. The van der Waals surface area contributed by atoms with Crippen molar-refractivity contribution in [3.05, 3.63) is 25.8 Å². The SMILES string of the molecule is COc1cc([N+](=O)[O-])c(S)cc1I. The molecule has 0 radical (unpaired) electrons. The van der Waals surface area contributed by atoms with Crippen LogP contribution in [0.15, 0.2) is 17.0 Å². The van der Waals surface area contributed by atoms with Crippen LogP contribution in [0.25, 0.3) is 0 Å². The standard InChI is InChI=1S/C7H6INO3S/c1-12-6-3-5(9(10)11)7(13)2-4(6)8/h2-3,13H,1H3. The van der Waals surface area contributed by atoms with E-state index in [0.29, 0.717) is 10.6 Å². The zero-order valence-corrected chi connectivity index (χ0v) is 9.70. The number of nitro groups is 1. The lowest BCUT2D eigenvalue weighted by Gasteiger charge is -2.03. The van der Waals surface area contributed by atoms with Gasteiger partial charge in [-0.15, -0.1) is 12.6 Å². The molecule has 70 valence electrons. The summed E-state index contributed by atoms with van der Waals surface area (Å²) in [4.78, 5) is 10.4. The Morgan fingerprint density at radius 1 is 1.62 bits per heavy atom. The number of halogens is 1. The lowest BCUT2D eigenvalue weighted by molar-refractivity contribution is -0.387. The van der Waals surface area contributed by atoms with Gasteiger partial charge in [0, 0.05) is 0 Å². The minimum atomic E-state index is -0.485.